The third-order valence-corrected chi connectivity index (χ3v) is 2.74. The molecule has 0 radical (unpaired) electrons. The molecule has 0 aliphatic heterocycles. The normalized spacial score (nSPS) is 10.2. The van der Waals surface area contributed by atoms with Gasteiger partial charge in [-0.25, -0.2) is 4.98 Å². The summed E-state index contributed by atoms with van der Waals surface area (Å²) in [6, 6.07) is 7.38. The van der Waals surface area contributed by atoms with Gasteiger partial charge in [-0.3, -0.25) is 10.1 Å². The summed E-state index contributed by atoms with van der Waals surface area (Å²) in [5.41, 5.74) is 2.43. The summed E-state index contributed by atoms with van der Waals surface area (Å²) in [5, 5.41) is 14.9. The van der Waals surface area contributed by atoms with Crippen LogP contribution in [0.3, 0.4) is 0 Å². The fourth-order valence-electron chi connectivity index (χ4n) is 1.81. The van der Waals surface area contributed by atoms with Crippen LogP contribution >= 0.6 is 0 Å². The molecule has 5 heteroatoms. The van der Waals surface area contributed by atoms with Gasteiger partial charge in [-0.1, -0.05) is 29.8 Å². The molecule has 1 aromatic heterocycles. The number of nitrogens with one attached hydrogen (secondary N) is 1. The molecule has 0 bridgehead atoms. The number of para-hydroxylation sites is 1. The number of hydrogen-bond acceptors (Lipinski definition) is 4. The Morgan fingerprint density at radius 3 is 2.84 bits per heavy atom. The van der Waals surface area contributed by atoms with Crippen molar-refractivity contribution >= 4 is 22.3 Å². The first kappa shape index (κ1) is 13.0. The van der Waals surface area contributed by atoms with Gasteiger partial charge in [0, 0.05) is 11.9 Å². The van der Waals surface area contributed by atoms with Crippen LogP contribution in [0.2, 0.25) is 0 Å². The Labute approximate surface area is 111 Å². The monoisotopic (exact) mass is 257 g/mol. The van der Waals surface area contributed by atoms with Gasteiger partial charge < -0.3 is 5.32 Å². The average Bonchev–Trinajstić information content (AvgIpc) is 2.38. The molecule has 98 valence electrons. The molecule has 1 heterocycles. The van der Waals surface area contributed by atoms with E-state index in [1.54, 1.807) is 0 Å². The average molecular weight is 257 g/mol. The van der Waals surface area contributed by atoms with Crippen LogP contribution in [-0.4, -0.2) is 16.5 Å². The van der Waals surface area contributed by atoms with Crippen LogP contribution in [0, 0.1) is 10.1 Å². The molecule has 0 spiro atoms. The number of anilines is 1. The minimum atomic E-state index is -0.412. The van der Waals surface area contributed by atoms with Crippen molar-refractivity contribution in [2.75, 3.05) is 11.9 Å². The van der Waals surface area contributed by atoms with Gasteiger partial charge in [0.1, 0.15) is 11.9 Å². The largest absolute Gasteiger partial charge is 0.375 e. The summed E-state index contributed by atoms with van der Waals surface area (Å²) >= 11 is 0. The number of nitro groups is 1. The van der Waals surface area contributed by atoms with E-state index in [1.165, 1.54) is 6.20 Å². The van der Waals surface area contributed by atoms with E-state index in [9.17, 15) is 10.1 Å². The molecular weight excluding hydrogens is 242 g/mol. The van der Waals surface area contributed by atoms with E-state index in [1.807, 2.05) is 44.2 Å². The van der Waals surface area contributed by atoms with Crippen LogP contribution in [-0.2, 0) is 0 Å². The lowest BCUT2D eigenvalue weighted by molar-refractivity contribution is -0.384. The van der Waals surface area contributed by atoms with E-state index in [0.717, 1.165) is 16.5 Å². The van der Waals surface area contributed by atoms with E-state index in [2.05, 4.69) is 10.3 Å². The summed E-state index contributed by atoms with van der Waals surface area (Å²) in [6.45, 7) is 4.53. The second kappa shape index (κ2) is 5.48. The maximum absolute atomic E-state index is 11.1. The number of hydrogen-bond donors (Lipinski definition) is 1. The van der Waals surface area contributed by atoms with Gasteiger partial charge >= 0.3 is 5.69 Å². The molecule has 0 saturated heterocycles. The topological polar surface area (TPSA) is 68.1 Å². The summed E-state index contributed by atoms with van der Waals surface area (Å²) in [5.74, 6) is 0. The highest BCUT2D eigenvalue weighted by Gasteiger charge is 2.16. The van der Waals surface area contributed by atoms with Gasteiger partial charge in [-0.05, 0) is 19.9 Å². The van der Waals surface area contributed by atoms with Crippen molar-refractivity contribution in [1.82, 2.24) is 4.98 Å². The smallest absolute Gasteiger partial charge is 0.311 e. The van der Waals surface area contributed by atoms with Gasteiger partial charge in [-0.2, -0.15) is 0 Å². The lowest BCUT2D eigenvalue weighted by Crippen LogP contribution is -2.04. The van der Waals surface area contributed by atoms with E-state index in [0.29, 0.717) is 12.2 Å². The first-order chi connectivity index (χ1) is 9.09. The van der Waals surface area contributed by atoms with Gasteiger partial charge in [-0.15, -0.1) is 0 Å². The van der Waals surface area contributed by atoms with E-state index in [-0.39, 0.29) is 5.69 Å². The number of rotatable bonds is 4. The Morgan fingerprint density at radius 2 is 2.16 bits per heavy atom. The molecule has 1 N–H and O–H groups in total. The van der Waals surface area contributed by atoms with Crippen LogP contribution in [0.15, 0.2) is 42.1 Å². The molecule has 19 heavy (non-hydrogen) atoms. The molecule has 0 saturated carbocycles. The maximum Gasteiger partial charge on any atom is 0.311 e. The Morgan fingerprint density at radius 1 is 1.42 bits per heavy atom. The zero-order valence-corrected chi connectivity index (χ0v) is 10.9. The number of pyridine rings is 1. The molecule has 5 nitrogen and oxygen atoms in total. The third kappa shape index (κ3) is 2.88. The van der Waals surface area contributed by atoms with E-state index >= 15 is 0 Å². The van der Waals surface area contributed by atoms with Crippen LogP contribution in [0.5, 0.6) is 0 Å². The minimum absolute atomic E-state index is 0.000793. The molecule has 0 fully saturated rings. The second-order valence-corrected chi connectivity index (χ2v) is 4.46. The number of allylic oxidation sites excluding steroid dienone is 1. The molecule has 2 rings (SSSR count). The highest BCUT2D eigenvalue weighted by molar-refractivity contribution is 5.95. The van der Waals surface area contributed by atoms with Gasteiger partial charge in [0.25, 0.3) is 0 Å². The SMILES string of the molecule is CC(C)=CCNc1c([N+](=O)[O-])cnc2ccccc12. The fraction of sp³-hybridized carbons (Fsp3) is 0.214. The standard InChI is InChI=1S/C14H15N3O2/c1-10(2)7-8-15-14-11-5-3-4-6-12(11)16-9-13(14)17(18)19/h3-7,9H,8H2,1-2H3,(H,15,16). The van der Waals surface area contributed by atoms with Crippen molar-refractivity contribution in [3.8, 4) is 0 Å². The first-order valence-electron chi connectivity index (χ1n) is 5.99. The van der Waals surface area contributed by atoms with Crippen molar-refractivity contribution in [3.05, 3.63) is 52.2 Å². The van der Waals surface area contributed by atoms with Crippen molar-refractivity contribution < 1.29 is 4.92 Å². The van der Waals surface area contributed by atoms with Gasteiger partial charge in [0.2, 0.25) is 0 Å². The second-order valence-electron chi connectivity index (χ2n) is 4.46. The zero-order valence-electron chi connectivity index (χ0n) is 10.9. The minimum Gasteiger partial charge on any atom is -0.375 e. The predicted octanol–water partition coefficient (Wildman–Crippen LogP) is 3.52. The highest BCUT2D eigenvalue weighted by atomic mass is 16.6. The lowest BCUT2D eigenvalue weighted by atomic mass is 10.1. The Kier molecular flexibility index (Phi) is 3.75. The summed E-state index contributed by atoms with van der Waals surface area (Å²) in [7, 11) is 0. The molecule has 0 aliphatic carbocycles. The van der Waals surface area contributed by atoms with Crippen molar-refractivity contribution in [2.45, 2.75) is 13.8 Å². The Balaban J connectivity index is 2.49. The van der Waals surface area contributed by atoms with Crippen molar-refractivity contribution in [2.24, 2.45) is 0 Å². The third-order valence-electron chi connectivity index (χ3n) is 2.74. The summed E-state index contributed by atoms with van der Waals surface area (Å²) in [4.78, 5) is 14.8. The Bertz CT molecular complexity index is 646. The number of fused-ring (bicyclic) bond motifs is 1. The number of nitrogens with zero attached hydrogens (tertiary/aromatic N) is 2. The van der Waals surface area contributed by atoms with Gasteiger partial charge in [0.15, 0.2) is 0 Å². The van der Waals surface area contributed by atoms with Crippen LogP contribution < -0.4 is 5.32 Å². The molecule has 0 atom stereocenters. The molecular formula is C14H15N3O2. The van der Waals surface area contributed by atoms with E-state index in [4.69, 9.17) is 0 Å². The molecule has 2 aromatic rings. The lowest BCUT2D eigenvalue weighted by Gasteiger charge is -2.08. The number of benzene rings is 1. The van der Waals surface area contributed by atoms with Crippen LogP contribution in [0.4, 0.5) is 11.4 Å². The molecule has 0 amide bonds. The van der Waals surface area contributed by atoms with Gasteiger partial charge in [0.05, 0.1) is 10.4 Å². The fourth-order valence-corrected chi connectivity index (χ4v) is 1.81. The zero-order chi connectivity index (χ0) is 13.8. The van der Waals surface area contributed by atoms with Crippen LogP contribution in [0.25, 0.3) is 10.9 Å². The molecule has 1 aromatic carbocycles. The van der Waals surface area contributed by atoms with Crippen LogP contribution in [0.1, 0.15) is 13.8 Å². The first-order valence-corrected chi connectivity index (χ1v) is 5.99. The predicted molar refractivity (Wildman–Crippen MR) is 76.3 cm³/mol. The van der Waals surface area contributed by atoms with Crippen molar-refractivity contribution in [1.29, 1.82) is 0 Å². The quantitative estimate of drug-likeness (QED) is 0.517. The van der Waals surface area contributed by atoms with E-state index < -0.39 is 4.92 Å². The Hall–Kier alpha value is -2.43. The summed E-state index contributed by atoms with van der Waals surface area (Å²) < 4.78 is 0. The van der Waals surface area contributed by atoms with Crippen molar-refractivity contribution in [3.63, 3.8) is 0 Å². The summed E-state index contributed by atoms with van der Waals surface area (Å²) in [6.07, 6.45) is 3.28. The molecule has 0 unspecified atom stereocenters. The highest BCUT2D eigenvalue weighted by Crippen LogP contribution is 2.31. The maximum atomic E-state index is 11.1. The molecule has 0 aliphatic rings. The number of aromatic nitrogens is 1.